The molecule has 0 spiro atoms. The number of amides is 2. The van der Waals surface area contributed by atoms with Crippen LogP contribution in [0, 0.1) is 12.8 Å². The summed E-state index contributed by atoms with van der Waals surface area (Å²) in [5.41, 5.74) is 2.75. The van der Waals surface area contributed by atoms with Crippen LogP contribution in [0.2, 0.25) is 0 Å². The highest BCUT2D eigenvalue weighted by Crippen LogP contribution is 2.30. The number of aryl methyl sites for hydroxylation is 1. The zero-order valence-corrected chi connectivity index (χ0v) is 13.2. The number of thiophene rings is 1. The molecular weight excluding hydrogens is 296 g/mol. The minimum Gasteiger partial charge on any atom is -0.347 e. The van der Waals surface area contributed by atoms with Gasteiger partial charge < -0.3 is 10.6 Å². The normalized spacial score (nSPS) is 13.7. The summed E-state index contributed by atoms with van der Waals surface area (Å²) in [7, 11) is 0. The molecule has 1 aromatic heterocycles. The average Bonchev–Trinajstić information content (AvgIpc) is 3.27. The Hall–Kier alpha value is -2.14. The fraction of sp³-hybridized carbons (Fsp3) is 0.294. The molecule has 22 heavy (non-hydrogen) atoms. The Morgan fingerprint density at radius 1 is 1.27 bits per heavy atom. The lowest BCUT2D eigenvalue weighted by molar-refractivity contribution is -0.117. The highest BCUT2D eigenvalue weighted by molar-refractivity contribution is 7.12. The first-order valence-corrected chi connectivity index (χ1v) is 8.23. The molecule has 4 nitrogen and oxygen atoms in total. The van der Waals surface area contributed by atoms with Crippen LogP contribution in [0.5, 0.6) is 0 Å². The predicted octanol–water partition coefficient (Wildman–Crippen LogP) is 3.34. The Labute approximate surface area is 133 Å². The molecule has 1 aromatic carbocycles. The summed E-state index contributed by atoms with van der Waals surface area (Å²) in [5.74, 6) is 0.223. The Bertz CT molecular complexity index is 704. The monoisotopic (exact) mass is 314 g/mol. The topological polar surface area (TPSA) is 58.2 Å². The SMILES string of the molecule is Cc1ccsc1C(=O)NCc1cccc(NC(=O)C2CC2)c1. The minimum absolute atomic E-state index is 0.0556. The minimum atomic E-state index is -0.0556. The lowest BCUT2D eigenvalue weighted by Crippen LogP contribution is -2.22. The summed E-state index contributed by atoms with van der Waals surface area (Å²) in [6.07, 6.45) is 1.98. The highest BCUT2D eigenvalue weighted by atomic mass is 32.1. The third-order valence-electron chi connectivity index (χ3n) is 3.66. The first kappa shape index (κ1) is 14.8. The molecule has 0 unspecified atom stereocenters. The van der Waals surface area contributed by atoms with Crippen molar-refractivity contribution < 1.29 is 9.59 Å². The van der Waals surface area contributed by atoms with Crippen LogP contribution in [0.25, 0.3) is 0 Å². The van der Waals surface area contributed by atoms with E-state index in [2.05, 4.69) is 10.6 Å². The molecule has 0 aliphatic heterocycles. The largest absolute Gasteiger partial charge is 0.347 e. The van der Waals surface area contributed by atoms with Gasteiger partial charge in [-0.3, -0.25) is 9.59 Å². The summed E-state index contributed by atoms with van der Waals surface area (Å²) >= 11 is 1.45. The zero-order valence-electron chi connectivity index (χ0n) is 12.4. The van der Waals surface area contributed by atoms with E-state index in [1.165, 1.54) is 11.3 Å². The molecule has 3 rings (SSSR count). The van der Waals surface area contributed by atoms with Crippen LogP contribution in [0.1, 0.15) is 33.6 Å². The number of carbonyl (C=O) groups is 2. The van der Waals surface area contributed by atoms with Gasteiger partial charge in [0, 0.05) is 18.2 Å². The van der Waals surface area contributed by atoms with Gasteiger partial charge in [-0.05, 0) is 54.5 Å². The van der Waals surface area contributed by atoms with E-state index in [1.807, 2.05) is 42.6 Å². The van der Waals surface area contributed by atoms with Crippen molar-refractivity contribution in [1.82, 2.24) is 5.32 Å². The summed E-state index contributed by atoms with van der Waals surface area (Å²) in [6, 6.07) is 9.54. The van der Waals surface area contributed by atoms with Crippen molar-refractivity contribution in [2.75, 3.05) is 5.32 Å². The maximum Gasteiger partial charge on any atom is 0.261 e. The van der Waals surface area contributed by atoms with Crippen molar-refractivity contribution in [3.05, 3.63) is 51.7 Å². The Kier molecular flexibility index (Phi) is 4.24. The smallest absolute Gasteiger partial charge is 0.261 e. The van der Waals surface area contributed by atoms with Crippen LogP contribution in [-0.4, -0.2) is 11.8 Å². The molecular formula is C17H18N2O2S. The van der Waals surface area contributed by atoms with Crippen LogP contribution < -0.4 is 10.6 Å². The van der Waals surface area contributed by atoms with E-state index in [4.69, 9.17) is 0 Å². The van der Waals surface area contributed by atoms with Crippen LogP contribution in [-0.2, 0) is 11.3 Å². The van der Waals surface area contributed by atoms with Gasteiger partial charge in [0.05, 0.1) is 4.88 Å². The second-order valence-electron chi connectivity index (χ2n) is 5.58. The van der Waals surface area contributed by atoms with E-state index in [9.17, 15) is 9.59 Å². The third kappa shape index (κ3) is 3.54. The van der Waals surface area contributed by atoms with Gasteiger partial charge >= 0.3 is 0 Å². The van der Waals surface area contributed by atoms with E-state index < -0.39 is 0 Å². The molecule has 0 atom stereocenters. The predicted molar refractivity (Wildman–Crippen MR) is 88.0 cm³/mol. The first-order valence-electron chi connectivity index (χ1n) is 7.35. The Morgan fingerprint density at radius 3 is 2.77 bits per heavy atom. The highest BCUT2D eigenvalue weighted by Gasteiger charge is 2.29. The van der Waals surface area contributed by atoms with Gasteiger partial charge in [-0.15, -0.1) is 11.3 Å². The molecule has 5 heteroatoms. The number of carbonyl (C=O) groups excluding carboxylic acids is 2. The summed E-state index contributed by atoms with van der Waals surface area (Å²) in [4.78, 5) is 24.6. The van der Waals surface area contributed by atoms with Crippen LogP contribution in [0.15, 0.2) is 35.7 Å². The van der Waals surface area contributed by atoms with Crippen molar-refractivity contribution >= 4 is 28.8 Å². The molecule has 1 fully saturated rings. The van der Waals surface area contributed by atoms with Crippen molar-refractivity contribution in [3.8, 4) is 0 Å². The molecule has 114 valence electrons. The number of rotatable bonds is 5. The number of anilines is 1. The number of benzene rings is 1. The molecule has 0 bridgehead atoms. The maximum atomic E-state index is 12.1. The fourth-order valence-corrected chi connectivity index (χ4v) is 3.06. The number of hydrogen-bond donors (Lipinski definition) is 2. The quantitative estimate of drug-likeness (QED) is 0.889. The van der Waals surface area contributed by atoms with Gasteiger partial charge in [-0.2, -0.15) is 0 Å². The van der Waals surface area contributed by atoms with E-state index in [0.29, 0.717) is 6.54 Å². The second kappa shape index (κ2) is 6.32. The zero-order chi connectivity index (χ0) is 15.5. The van der Waals surface area contributed by atoms with Crippen LogP contribution in [0.4, 0.5) is 5.69 Å². The first-order chi connectivity index (χ1) is 10.6. The summed E-state index contributed by atoms with van der Waals surface area (Å²) in [5, 5.41) is 7.75. The van der Waals surface area contributed by atoms with Gasteiger partial charge in [0.1, 0.15) is 0 Å². The van der Waals surface area contributed by atoms with Crippen molar-refractivity contribution in [1.29, 1.82) is 0 Å². The number of nitrogens with one attached hydrogen (secondary N) is 2. The van der Waals surface area contributed by atoms with Crippen LogP contribution in [0.3, 0.4) is 0 Å². The van der Waals surface area contributed by atoms with E-state index in [-0.39, 0.29) is 17.7 Å². The van der Waals surface area contributed by atoms with Crippen LogP contribution >= 0.6 is 11.3 Å². The van der Waals surface area contributed by atoms with E-state index in [0.717, 1.165) is 34.5 Å². The lowest BCUT2D eigenvalue weighted by atomic mass is 10.2. The molecule has 0 saturated heterocycles. The molecule has 2 aromatic rings. The van der Waals surface area contributed by atoms with Gasteiger partial charge in [0.2, 0.25) is 5.91 Å². The van der Waals surface area contributed by atoms with Crippen molar-refractivity contribution in [2.45, 2.75) is 26.3 Å². The van der Waals surface area contributed by atoms with Gasteiger partial charge in [0.15, 0.2) is 0 Å². The van der Waals surface area contributed by atoms with E-state index in [1.54, 1.807) is 0 Å². The Morgan fingerprint density at radius 2 is 2.09 bits per heavy atom. The average molecular weight is 314 g/mol. The third-order valence-corrected chi connectivity index (χ3v) is 4.68. The number of hydrogen-bond acceptors (Lipinski definition) is 3. The van der Waals surface area contributed by atoms with Crippen molar-refractivity contribution in [3.63, 3.8) is 0 Å². The standard InChI is InChI=1S/C17H18N2O2S/c1-11-7-8-22-15(11)17(21)18-10-12-3-2-4-14(9-12)19-16(20)13-5-6-13/h2-4,7-9,13H,5-6,10H2,1H3,(H,18,21)(H,19,20). The van der Waals surface area contributed by atoms with Crippen molar-refractivity contribution in [2.24, 2.45) is 5.92 Å². The van der Waals surface area contributed by atoms with Gasteiger partial charge in [-0.25, -0.2) is 0 Å². The summed E-state index contributed by atoms with van der Waals surface area (Å²) < 4.78 is 0. The molecule has 2 amide bonds. The van der Waals surface area contributed by atoms with E-state index >= 15 is 0 Å². The molecule has 1 aliphatic carbocycles. The maximum absolute atomic E-state index is 12.1. The molecule has 1 heterocycles. The van der Waals surface area contributed by atoms with Gasteiger partial charge in [0.25, 0.3) is 5.91 Å². The summed E-state index contributed by atoms with van der Waals surface area (Å²) in [6.45, 7) is 2.38. The molecule has 0 radical (unpaired) electrons. The fourth-order valence-electron chi connectivity index (χ4n) is 2.22. The second-order valence-corrected chi connectivity index (χ2v) is 6.50. The van der Waals surface area contributed by atoms with Gasteiger partial charge in [-0.1, -0.05) is 12.1 Å². The molecule has 1 saturated carbocycles. The molecule has 1 aliphatic rings. The Balaban J connectivity index is 1.59. The lowest BCUT2D eigenvalue weighted by Gasteiger charge is -2.08. The molecule has 2 N–H and O–H groups in total.